The molecule has 1 amide bonds. The first kappa shape index (κ1) is 15.7. The summed E-state index contributed by atoms with van der Waals surface area (Å²) in [4.78, 5) is 14.5. The zero-order chi connectivity index (χ0) is 16.4. The van der Waals surface area contributed by atoms with Crippen LogP contribution >= 0.6 is 0 Å². The first-order valence-corrected chi connectivity index (χ1v) is 7.99. The molecule has 1 unspecified atom stereocenters. The normalized spacial score (nSPS) is 18.2. The minimum Gasteiger partial charge on any atom is -0.396 e. The Morgan fingerprint density at radius 3 is 2.74 bits per heavy atom. The maximum absolute atomic E-state index is 12.7. The van der Waals surface area contributed by atoms with Crippen LogP contribution in [0.5, 0.6) is 0 Å². The fourth-order valence-electron chi connectivity index (χ4n) is 3.01. The molecule has 0 spiro atoms. The highest BCUT2D eigenvalue weighted by Gasteiger charge is 2.27. The quantitative estimate of drug-likeness (QED) is 0.936. The van der Waals surface area contributed by atoms with Crippen molar-refractivity contribution in [3.63, 3.8) is 0 Å². The SMILES string of the molecule is Cc1ccc(-n2nnc(C(=O)N3CCCC(CO)C3)c2C)cc1. The van der Waals surface area contributed by atoms with Crippen LogP contribution in [0, 0.1) is 19.8 Å². The van der Waals surface area contributed by atoms with Crippen LogP contribution in [-0.4, -0.2) is 50.6 Å². The van der Waals surface area contributed by atoms with Gasteiger partial charge in [0.1, 0.15) is 0 Å². The molecule has 1 atom stereocenters. The van der Waals surface area contributed by atoms with Crippen molar-refractivity contribution >= 4 is 5.91 Å². The Labute approximate surface area is 135 Å². The van der Waals surface area contributed by atoms with Gasteiger partial charge < -0.3 is 10.0 Å². The lowest BCUT2D eigenvalue weighted by molar-refractivity contribution is 0.0614. The molecule has 0 bridgehead atoms. The second-order valence-corrected chi connectivity index (χ2v) is 6.21. The van der Waals surface area contributed by atoms with Crippen LogP contribution < -0.4 is 0 Å². The fourth-order valence-corrected chi connectivity index (χ4v) is 3.01. The van der Waals surface area contributed by atoms with Gasteiger partial charge in [0.05, 0.1) is 11.4 Å². The highest BCUT2D eigenvalue weighted by molar-refractivity contribution is 5.93. The van der Waals surface area contributed by atoms with Gasteiger partial charge in [-0.05, 0) is 44.7 Å². The molecule has 1 aromatic carbocycles. The second kappa shape index (κ2) is 6.50. The summed E-state index contributed by atoms with van der Waals surface area (Å²) in [5, 5.41) is 17.6. The molecule has 1 aliphatic rings. The van der Waals surface area contributed by atoms with E-state index in [-0.39, 0.29) is 18.4 Å². The molecule has 1 saturated heterocycles. The number of carbonyl (C=O) groups is 1. The monoisotopic (exact) mass is 314 g/mol. The number of piperidine rings is 1. The predicted octanol–water partition coefficient (Wildman–Crippen LogP) is 1.73. The molecule has 0 radical (unpaired) electrons. The number of benzene rings is 1. The van der Waals surface area contributed by atoms with Gasteiger partial charge in [-0.1, -0.05) is 22.9 Å². The maximum Gasteiger partial charge on any atom is 0.276 e. The first-order chi connectivity index (χ1) is 11.1. The van der Waals surface area contributed by atoms with E-state index in [0.29, 0.717) is 18.8 Å². The van der Waals surface area contributed by atoms with Gasteiger partial charge >= 0.3 is 0 Å². The van der Waals surface area contributed by atoms with Crippen LogP contribution in [0.2, 0.25) is 0 Å². The smallest absolute Gasteiger partial charge is 0.276 e. The van der Waals surface area contributed by atoms with E-state index < -0.39 is 0 Å². The number of carbonyl (C=O) groups excluding carboxylic acids is 1. The van der Waals surface area contributed by atoms with Crippen molar-refractivity contribution < 1.29 is 9.90 Å². The number of hydrogen-bond acceptors (Lipinski definition) is 4. The Bertz CT molecular complexity index is 693. The van der Waals surface area contributed by atoms with Gasteiger partial charge in [0, 0.05) is 19.7 Å². The molecule has 1 aromatic heterocycles. The molecule has 2 aromatic rings. The number of amides is 1. The molecule has 6 nitrogen and oxygen atoms in total. The van der Waals surface area contributed by atoms with E-state index >= 15 is 0 Å². The molecule has 122 valence electrons. The Morgan fingerprint density at radius 1 is 1.30 bits per heavy atom. The molecule has 1 aliphatic heterocycles. The van der Waals surface area contributed by atoms with Crippen molar-refractivity contribution in [2.45, 2.75) is 26.7 Å². The van der Waals surface area contributed by atoms with Crippen LogP contribution in [0.25, 0.3) is 5.69 Å². The third-order valence-electron chi connectivity index (χ3n) is 4.44. The van der Waals surface area contributed by atoms with Gasteiger partial charge in [0.2, 0.25) is 0 Å². The standard InChI is InChI=1S/C17H22N4O2/c1-12-5-7-15(8-6-12)21-13(2)16(18-19-21)17(23)20-9-3-4-14(10-20)11-22/h5-8,14,22H,3-4,9-11H2,1-2H3. The molecular formula is C17H22N4O2. The number of aliphatic hydroxyl groups is 1. The van der Waals surface area contributed by atoms with Gasteiger partial charge in [0.15, 0.2) is 5.69 Å². The van der Waals surface area contributed by atoms with Crippen molar-refractivity contribution in [1.29, 1.82) is 0 Å². The Kier molecular flexibility index (Phi) is 4.43. The van der Waals surface area contributed by atoms with Crippen LogP contribution in [-0.2, 0) is 0 Å². The maximum atomic E-state index is 12.7. The van der Waals surface area contributed by atoms with Crippen molar-refractivity contribution in [3.05, 3.63) is 41.2 Å². The van der Waals surface area contributed by atoms with E-state index in [2.05, 4.69) is 10.3 Å². The van der Waals surface area contributed by atoms with Gasteiger partial charge in [-0.3, -0.25) is 4.79 Å². The number of hydrogen-bond donors (Lipinski definition) is 1. The summed E-state index contributed by atoms with van der Waals surface area (Å²) in [6.45, 7) is 5.32. The summed E-state index contributed by atoms with van der Waals surface area (Å²) in [6, 6.07) is 7.95. The number of aliphatic hydroxyl groups excluding tert-OH is 1. The van der Waals surface area contributed by atoms with Crippen LogP contribution in [0.3, 0.4) is 0 Å². The molecule has 6 heteroatoms. The first-order valence-electron chi connectivity index (χ1n) is 7.99. The minimum atomic E-state index is -0.0981. The van der Waals surface area contributed by atoms with Crippen LogP contribution in [0.1, 0.15) is 34.6 Å². The Morgan fingerprint density at radius 2 is 2.04 bits per heavy atom. The number of rotatable bonds is 3. The Balaban J connectivity index is 1.83. The molecule has 23 heavy (non-hydrogen) atoms. The van der Waals surface area contributed by atoms with Crippen molar-refractivity contribution in [1.82, 2.24) is 19.9 Å². The molecule has 0 aliphatic carbocycles. The third-order valence-corrected chi connectivity index (χ3v) is 4.44. The van der Waals surface area contributed by atoms with E-state index in [0.717, 1.165) is 24.2 Å². The summed E-state index contributed by atoms with van der Waals surface area (Å²) in [5.41, 5.74) is 3.20. The summed E-state index contributed by atoms with van der Waals surface area (Å²) in [7, 11) is 0. The largest absolute Gasteiger partial charge is 0.396 e. The van der Waals surface area contributed by atoms with Crippen molar-refractivity contribution in [2.24, 2.45) is 5.92 Å². The summed E-state index contributed by atoms with van der Waals surface area (Å²) >= 11 is 0. The minimum absolute atomic E-state index is 0.0981. The highest BCUT2D eigenvalue weighted by Crippen LogP contribution is 2.20. The van der Waals surface area contributed by atoms with E-state index in [1.54, 1.807) is 9.58 Å². The summed E-state index contributed by atoms with van der Waals surface area (Å²) < 4.78 is 1.69. The zero-order valence-corrected chi connectivity index (χ0v) is 13.6. The van der Waals surface area contributed by atoms with Crippen molar-refractivity contribution in [2.75, 3.05) is 19.7 Å². The molecule has 1 fully saturated rings. The number of likely N-dealkylation sites (tertiary alicyclic amines) is 1. The second-order valence-electron chi connectivity index (χ2n) is 6.21. The van der Waals surface area contributed by atoms with Gasteiger partial charge in [-0.2, -0.15) is 0 Å². The fraction of sp³-hybridized carbons (Fsp3) is 0.471. The van der Waals surface area contributed by atoms with E-state index in [1.807, 2.05) is 38.1 Å². The lowest BCUT2D eigenvalue weighted by atomic mass is 9.99. The molecule has 1 N–H and O–H groups in total. The Hall–Kier alpha value is -2.21. The number of aromatic nitrogens is 3. The number of nitrogens with zero attached hydrogens (tertiary/aromatic N) is 4. The molecule has 3 rings (SSSR count). The van der Waals surface area contributed by atoms with Gasteiger partial charge in [-0.25, -0.2) is 4.68 Å². The van der Waals surface area contributed by atoms with Gasteiger partial charge in [0.25, 0.3) is 5.91 Å². The molecule has 2 heterocycles. The average Bonchev–Trinajstić information content (AvgIpc) is 2.96. The molecule has 0 saturated carbocycles. The average molecular weight is 314 g/mol. The third kappa shape index (κ3) is 3.12. The van der Waals surface area contributed by atoms with E-state index in [1.165, 1.54) is 5.56 Å². The number of aryl methyl sites for hydroxylation is 1. The summed E-state index contributed by atoms with van der Waals surface area (Å²) in [6.07, 6.45) is 1.89. The molecular weight excluding hydrogens is 292 g/mol. The lowest BCUT2D eigenvalue weighted by Crippen LogP contribution is -2.41. The summed E-state index contributed by atoms with van der Waals surface area (Å²) in [5.74, 6) is 0.0687. The van der Waals surface area contributed by atoms with Gasteiger partial charge in [-0.15, -0.1) is 5.10 Å². The van der Waals surface area contributed by atoms with Crippen molar-refractivity contribution in [3.8, 4) is 5.69 Å². The topological polar surface area (TPSA) is 71.2 Å². The van der Waals surface area contributed by atoms with E-state index in [9.17, 15) is 9.90 Å². The highest BCUT2D eigenvalue weighted by atomic mass is 16.3. The predicted molar refractivity (Wildman–Crippen MR) is 86.5 cm³/mol. The van der Waals surface area contributed by atoms with Crippen LogP contribution in [0.4, 0.5) is 0 Å². The van der Waals surface area contributed by atoms with E-state index in [4.69, 9.17) is 0 Å². The van der Waals surface area contributed by atoms with Crippen LogP contribution in [0.15, 0.2) is 24.3 Å². The lowest BCUT2D eigenvalue weighted by Gasteiger charge is -2.31. The zero-order valence-electron chi connectivity index (χ0n) is 13.6.